The third-order valence-corrected chi connectivity index (χ3v) is 4.71. The zero-order valence-electron chi connectivity index (χ0n) is 11.7. The number of rotatable bonds is 3. The highest BCUT2D eigenvalue weighted by Gasteiger charge is 2.45. The van der Waals surface area contributed by atoms with E-state index in [-0.39, 0.29) is 35.9 Å². The number of carbonyl (C=O) groups is 2. The second kappa shape index (κ2) is 5.06. The molecule has 6 heteroatoms. The van der Waals surface area contributed by atoms with E-state index in [1.54, 1.807) is 4.90 Å². The van der Waals surface area contributed by atoms with Crippen molar-refractivity contribution in [1.82, 2.24) is 15.1 Å². The van der Waals surface area contributed by atoms with Gasteiger partial charge in [0.25, 0.3) is 0 Å². The first-order valence-corrected chi connectivity index (χ1v) is 7.35. The first-order chi connectivity index (χ1) is 9.61. The summed E-state index contributed by atoms with van der Waals surface area (Å²) in [6, 6.07) is 2.12. The molecule has 0 aromatic heterocycles. The molecule has 0 aromatic rings. The van der Waals surface area contributed by atoms with Gasteiger partial charge in [-0.15, -0.1) is 0 Å². The van der Waals surface area contributed by atoms with Crippen LogP contribution in [-0.2, 0) is 9.59 Å². The van der Waals surface area contributed by atoms with Crippen LogP contribution in [0.3, 0.4) is 0 Å². The molecule has 3 heterocycles. The van der Waals surface area contributed by atoms with Gasteiger partial charge in [0.15, 0.2) is 0 Å². The van der Waals surface area contributed by atoms with Crippen LogP contribution >= 0.6 is 0 Å². The smallest absolute Gasteiger partial charge is 0.240 e. The quantitative estimate of drug-likeness (QED) is 0.768. The largest absolute Gasteiger partial charge is 0.336 e. The van der Waals surface area contributed by atoms with E-state index < -0.39 is 0 Å². The maximum Gasteiger partial charge on any atom is 0.240 e. The number of fused-ring (bicyclic) bond motifs is 2. The molecule has 4 atom stereocenters. The Kier molecular flexibility index (Phi) is 3.38. The number of hydrogen-bond donors (Lipinski definition) is 1. The van der Waals surface area contributed by atoms with E-state index in [9.17, 15) is 9.59 Å². The highest BCUT2D eigenvalue weighted by atomic mass is 16.2. The second-order valence-corrected chi connectivity index (χ2v) is 6.06. The third kappa shape index (κ3) is 2.06. The Balaban J connectivity index is 1.62. The van der Waals surface area contributed by atoms with Gasteiger partial charge in [0.1, 0.15) is 6.04 Å². The Labute approximate surface area is 118 Å². The van der Waals surface area contributed by atoms with E-state index in [2.05, 4.69) is 11.4 Å². The minimum absolute atomic E-state index is 0.0117. The molecule has 2 bridgehead atoms. The van der Waals surface area contributed by atoms with Crippen LogP contribution in [0.15, 0.2) is 0 Å². The van der Waals surface area contributed by atoms with E-state index in [0.29, 0.717) is 13.1 Å². The molecule has 3 aliphatic rings. The van der Waals surface area contributed by atoms with Crippen molar-refractivity contribution in [1.29, 1.82) is 5.26 Å². The van der Waals surface area contributed by atoms with Crippen molar-refractivity contribution in [3.8, 4) is 6.07 Å². The Morgan fingerprint density at radius 3 is 3.05 bits per heavy atom. The lowest BCUT2D eigenvalue weighted by molar-refractivity contribution is -0.138. The number of carbonyl (C=O) groups excluding carboxylic acids is 2. The van der Waals surface area contributed by atoms with Gasteiger partial charge >= 0.3 is 0 Å². The van der Waals surface area contributed by atoms with Crippen LogP contribution in [0, 0.1) is 17.2 Å². The standard InChI is InChI=1S/C14H20N4O2/c1-9(13(19)17-4-2-3-10(17)6-15)8-18-11-5-12(14(18)20)16-7-11/h9-12,16H,2-5,7-8H2,1H3/t9-,10-,11+,12+/m0/s1. The van der Waals surface area contributed by atoms with Crippen LogP contribution in [0.1, 0.15) is 26.2 Å². The van der Waals surface area contributed by atoms with Crippen molar-refractivity contribution in [3.63, 3.8) is 0 Å². The molecule has 0 unspecified atom stereocenters. The average molecular weight is 276 g/mol. The minimum atomic E-state index is -0.280. The zero-order valence-corrected chi connectivity index (χ0v) is 11.7. The third-order valence-electron chi connectivity index (χ3n) is 4.71. The number of hydrogen-bond acceptors (Lipinski definition) is 4. The fourth-order valence-corrected chi connectivity index (χ4v) is 3.58. The summed E-state index contributed by atoms with van der Waals surface area (Å²) in [6.45, 7) is 3.85. The van der Waals surface area contributed by atoms with Gasteiger partial charge in [0, 0.05) is 25.7 Å². The average Bonchev–Trinajstić information content (AvgIpc) is 3.15. The summed E-state index contributed by atoms with van der Waals surface area (Å²) in [7, 11) is 0. The van der Waals surface area contributed by atoms with Crippen molar-refractivity contribution >= 4 is 11.8 Å². The van der Waals surface area contributed by atoms with Crippen molar-refractivity contribution < 1.29 is 9.59 Å². The molecule has 3 fully saturated rings. The highest BCUT2D eigenvalue weighted by Crippen LogP contribution is 2.26. The maximum atomic E-state index is 12.4. The first-order valence-electron chi connectivity index (χ1n) is 7.35. The second-order valence-electron chi connectivity index (χ2n) is 6.06. The molecule has 108 valence electrons. The predicted octanol–water partition coefficient (Wildman–Crippen LogP) is -0.290. The van der Waals surface area contributed by atoms with Gasteiger partial charge in [-0.1, -0.05) is 6.92 Å². The Morgan fingerprint density at radius 2 is 2.40 bits per heavy atom. The molecule has 3 aliphatic heterocycles. The van der Waals surface area contributed by atoms with E-state index >= 15 is 0 Å². The van der Waals surface area contributed by atoms with Crippen LogP contribution in [0.5, 0.6) is 0 Å². The van der Waals surface area contributed by atoms with Crippen molar-refractivity contribution in [2.75, 3.05) is 19.6 Å². The fraction of sp³-hybridized carbons (Fsp3) is 0.786. The molecule has 2 amide bonds. The zero-order chi connectivity index (χ0) is 14.3. The van der Waals surface area contributed by atoms with Crippen molar-refractivity contribution in [2.45, 2.75) is 44.3 Å². The molecule has 0 radical (unpaired) electrons. The van der Waals surface area contributed by atoms with E-state index in [4.69, 9.17) is 5.26 Å². The van der Waals surface area contributed by atoms with E-state index in [0.717, 1.165) is 25.8 Å². The van der Waals surface area contributed by atoms with Gasteiger partial charge in [-0.25, -0.2) is 0 Å². The summed E-state index contributed by atoms with van der Waals surface area (Å²) < 4.78 is 0. The van der Waals surface area contributed by atoms with Crippen LogP contribution in [-0.4, -0.2) is 59.4 Å². The molecule has 0 aliphatic carbocycles. The summed E-state index contributed by atoms with van der Waals surface area (Å²) in [6.07, 6.45) is 2.53. The number of likely N-dealkylation sites (tertiary alicyclic amines) is 2. The first kappa shape index (κ1) is 13.4. The molecule has 6 nitrogen and oxygen atoms in total. The SMILES string of the molecule is C[C@@H](CN1C(=O)[C@H]2C[C@@H]1CN2)C(=O)N1CCC[C@H]1C#N. The van der Waals surface area contributed by atoms with E-state index in [1.807, 2.05) is 11.8 Å². The summed E-state index contributed by atoms with van der Waals surface area (Å²) in [4.78, 5) is 28.0. The summed E-state index contributed by atoms with van der Waals surface area (Å²) in [5.41, 5.74) is 0. The molecular weight excluding hydrogens is 256 g/mol. The molecular formula is C14H20N4O2. The van der Waals surface area contributed by atoms with Gasteiger partial charge in [0.05, 0.1) is 18.0 Å². The van der Waals surface area contributed by atoms with Crippen LogP contribution in [0.2, 0.25) is 0 Å². The molecule has 3 rings (SSSR count). The van der Waals surface area contributed by atoms with Crippen LogP contribution in [0.25, 0.3) is 0 Å². The Hall–Kier alpha value is -1.61. The van der Waals surface area contributed by atoms with Gasteiger partial charge < -0.3 is 15.1 Å². The normalized spacial score (nSPS) is 33.6. The molecule has 0 aromatic carbocycles. The molecule has 0 saturated carbocycles. The van der Waals surface area contributed by atoms with Gasteiger partial charge in [-0.3, -0.25) is 9.59 Å². The molecule has 1 N–H and O–H groups in total. The lowest BCUT2D eigenvalue weighted by Gasteiger charge is -2.31. The number of nitrogens with zero attached hydrogens (tertiary/aromatic N) is 3. The van der Waals surface area contributed by atoms with Crippen LogP contribution < -0.4 is 5.32 Å². The fourth-order valence-electron chi connectivity index (χ4n) is 3.58. The van der Waals surface area contributed by atoms with Gasteiger partial charge in [-0.2, -0.15) is 5.26 Å². The maximum absolute atomic E-state index is 12.4. The molecule has 3 saturated heterocycles. The predicted molar refractivity (Wildman–Crippen MR) is 71.4 cm³/mol. The lowest BCUT2D eigenvalue weighted by atomic mass is 10.1. The number of nitrogens with one attached hydrogen (secondary N) is 1. The summed E-state index contributed by atoms with van der Waals surface area (Å²) in [5, 5.41) is 12.2. The van der Waals surface area contributed by atoms with Crippen LogP contribution in [0.4, 0.5) is 0 Å². The van der Waals surface area contributed by atoms with Gasteiger partial charge in [0.2, 0.25) is 11.8 Å². The van der Waals surface area contributed by atoms with Crippen molar-refractivity contribution in [3.05, 3.63) is 0 Å². The van der Waals surface area contributed by atoms with Gasteiger partial charge in [-0.05, 0) is 19.3 Å². The summed E-state index contributed by atoms with van der Waals surface area (Å²) >= 11 is 0. The minimum Gasteiger partial charge on any atom is -0.336 e. The number of amides is 2. The lowest BCUT2D eigenvalue weighted by Crippen LogP contribution is -2.51. The molecule has 0 spiro atoms. The topological polar surface area (TPSA) is 76.4 Å². The molecule has 20 heavy (non-hydrogen) atoms. The summed E-state index contributed by atoms with van der Waals surface area (Å²) in [5.74, 6) is -0.0935. The van der Waals surface area contributed by atoms with E-state index in [1.165, 1.54) is 0 Å². The number of nitriles is 1. The monoisotopic (exact) mass is 276 g/mol. The highest BCUT2D eigenvalue weighted by molar-refractivity contribution is 5.87. The number of piperazine rings is 1. The Morgan fingerprint density at radius 1 is 1.60 bits per heavy atom. The Bertz CT molecular complexity index is 472. The van der Waals surface area contributed by atoms with Crippen molar-refractivity contribution in [2.24, 2.45) is 5.92 Å².